The minimum Gasteiger partial charge on any atom is -0.359 e. The van der Waals surface area contributed by atoms with Gasteiger partial charge in [-0.15, -0.1) is 0 Å². The lowest BCUT2D eigenvalue weighted by molar-refractivity contribution is -0.149. The van der Waals surface area contributed by atoms with Crippen LogP contribution in [0.3, 0.4) is 0 Å². The Morgan fingerprint density at radius 1 is 1.53 bits per heavy atom. The van der Waals surface area contributed by atoms with E-state index in [0.29, 0.717) is 38.8 Å². The average Bonchev–Trinajstić information content (AvgIpc) is 2.23. The lowest BCUT2D eigenvalue weighted by Crippen LogP contribution is -2.51. The number of carbonyl (C=O) groups excluding carboxylic acids is 3. The third kappa shape index (κ3) is 3.02. The van der Waals surface area contributed by atoms with E-state index in [9.17, 15) is 14.4 Å². The zero-order chi connectivity index (χ0) is 11.3. The zero-order valence-electron chi connectivity index (χ0n) is 8.44. The number of likely N-dealkylation sites (tertiary alicyclic amines) is 1. The third-order valence-electron chi connectivity index (χ3n) is 2.34. The van der Waals surface area contributed by atoms with Crippen LogP contribution in [0.25, 0.3) is 0 Å². The molecule has 0 aliphatic carbocycles. The van der Waals surface area contributed by atoms with Gasteiger partial charge in [0.15, 0.2) is 0 Å². The van der Waals surface area contributed by atoms with Crippen molar-refractivity contribution < 1.29 is 14.4 Å². The molecule has 1 heterocycles. The molecule has 1 rings (SSSR count). The standard InChI is InChI=1S/C9H15N3O3/c10-7-2-3-8(14)12(9(7)15)5-1-4-11-6-13/h6-7H,1-5,10H2,(H,11,13)/t7-/m0/s1. The SMILES string of the molecule is N[C@H]1CCC(=O)N(CCCNC=O)C1=O. The van der Waals surface area contributed by atoms with Gasteiger partial charge in [-0.05, 0) is 12.8 Å². The first-order valence-electron chi connectivity index (χ1n) is 4.93. The van der Waals surface area contributed by atoms with Crippen LogP contribution >= 0.6 is 0 Å². The number of imide groups is 1. The topological polar surface area (TPSA) is 92.5 Å². The molecule has 15 heavy (non-hydrogen) atoms. The highest BCUT2D eigenvalue weighted by molar-refractivity contribution is 6.00. The van der Waals surface area contributed by atoms with Gasteiger partial charge in [0.05, 0.1) is 6.04 Å². The van der Waals surface area contributed by atoms with Crippen molar-refractivity contribution in [2.75, 3.05) is 13.1 Å². The number of hydrogen-bond acceptors (Lipinski definition) is 4. The predicted octanol–water partition coefficient (Wildman–Crippen LogP) is -1.40. The van der Waals surface area contributed by atoms with Crippen LogP contribution in [-0.4, -0.2) is 42.3 Å². The number of rotatable bonds is 5. The number of nitrogens with one attached hydrogen (secondary N) is 1. The smallest absolute Gasteiger partial charge is 0.246 e. The summed E-state index contributed by atoms with van der Waals surface area (Å²) in [6.07, 6.45) is 1.91. The Labute approximate surface area is 87.8 Å². The van der Waals surface area contributed by atoms with Crippen LogP contribution in [0.1, 0.15) is 19.3 Å². The molecule has 0 spiro atoms. The molecule has 6 heteroatoms. The van der Waals surface area contributed by atoms with Gasteiger partial charge in [-0.1, -0.05) is 0 Å². The molecular formula is C9H15N3O3. The van der Waals surface area contributed by atoms with E-state index in [-0.39, 0.29) is 11.8 Å². The van der Waals surface area contributed by atoms with Gasteiger partial charge in [0, 0.05) is 19.5 Å². The van der Waals surface area contributed by atoms with E-state index >= 15 is 0 Å². The molecule has 0 aromatic carbocycles. The number of nitrogens with zero attached hydrogens (tertiary/aromatic N) is 1. The Balaban J connectivity index is 2.39. The van der Waals surface area contributed by atoms with E-state index in [2.05, 4.69) is 5.32 Å². The lowest BCUT2D eigenvalue weighted by Gasteiger charge is -2.28. The number of amides is 3. The molecular weight excluding hydrogens is 198 g/mol. The minimum absolute atomic E-state index is 0.173. The summed E-state index contributed by atoms with van der Waals surface area (Å²) in [5.74, 6) is -0.481. The van der Waals surface area contributed by atoms with Crippen molar-refractivity contribution in [3.05, 3.63) is 0 Å². The molecule has 0 unspecified atom stereocenters. The van der Waals surface area contributed by atoms with Gasteiger partial charge < -0.3 is 11.1 Å². The molecule has 1 fully saturated rings. The Morgan fingerprint density at radius 2 is 2.27 bits per heavy atom. The summed E-state index contributed by atoms with van der Waals surface area (Å²) in [5.41, 5.74) is 5.55. The van der Waals surface area contributed by atoms with Crippen molar-refractivity contribution in [3.63, 3.8) is 0 Å². The summed E-state index contributed by atoms with van der Waals surface area (Å²) >= 11 is 0. The van der Waals surface area contributed by atoms with E-state index in [1.54, 1.807) is 0 Å². The summed E-state index contributed by atoms with van der Waals surface area (Å²) in [5, 5.41) is 2.47. The first-order chi connectivity index (χ1) is 7.16. The van der Waals surface area contributed by atoms with Crippen molar-refractivity contribution in [1.82, 2.24) is 10.2 Å². The molecule has 0 aromatic rings. The second kappa shape index (κ2) is 5.45. The largest absolute Gasteiger partial charge is 0.359 e. The monoisotopic (exact) mass is 213 g/mol. The Bertz CT molecular complexity index is 267. The molecule has 1 atom stereocenters. The molecule has 3 amide bonds. The van der Waals surface area contributed by atoms with Crippen LogP contribution in [0.2, 0.25) is 0 Å². The molecule has 0 radical (unpaired) electrons. The normalized spacial score (nSPS) is 21.7. The minimum atomic E-state index is -0.554. The fourth-order valence-corrected chi connectivity index (χ4v) is 1.49. The van der Waals surface area contributed by atoms with Gasteiger partial charge >= 0.3 is 0 Å². The fourth-order valence-electron chi connectivity index (χ4n) is 1.49. The van der Waals surface area contributed by atoms with Gasteiger partial charge in [-0.2, -0.15) is 0 Å². The highest BCUT2D eigenvalue weighted by Crippen LogP contribution is 2.11. The van der Waals surface area contributed by atoms with Crippen molar-refractivity contribution in [3.8, 4) is 0 Å². The van der Waals surface area contributed by atoms with Crippen molar-refractivity contribution in [2.45, 2.75) is 25.3 Å². The highest BCUT2D eigenvalue weighted by Gasteiger charge is 2.31. The van der Waals surface area contributed by atoms with Gasteiger partial charge in [0.25, 0.3) is 0 Å². The molecule has 84 valence electrons. The first-order valence-corrected chi connectivity index (χ1v) is 4.93. The molecule has 1 saturated heterocycles. The van der Waals surface area contributed by atoms with Gasteiger partial charge in [-0.25, -0.2) is 0 Å². The number of piperidine rings is 1. The van der Waals surface area contributed by atoms with E-state index in [0.717, 1.165) is 0 Å². The van der Waals surface area contributed by atoms with E-state index in [1.165, 1.54) is 4.90 Å². The molecule has 0 bridgehead atoms. The molecule has 1 aliphatic heterocycles. The lowest BCUT2D eigenvalue weighted by atomic mass is 10.0. The molecule has 6 nitrogen and oxygen atoms in total. The van der Waals surface area contributed by atoms with Gasteiger partial charge in [0.2, 0.25) is 18.2 Å². The van der Waals surface area contributed by atoms with Crippen LogP contribution in [0, 0.1) is 0 Å². The van der Waals surface area contributed by atoms with Crippen LogP contribution < -0.4 is 11.1 Å². The first kappa shape index (κ1) is 11.6. The summed E-state index contributed by atoms with van der Waals surface area (Å²) in [6.45, 7) is 0.780. The van der Waals surface area contributed by atoms with Gasteiger partial charge in [0.1, 0.15) is 0 Å². The van der Waals surface area contributed by atoms with Crippen molar-refractivity contribution in [2.24, 2.45) is 5.73 Å². The number of nitrogens with two attached hydrogens (primary N) is 1. The van der Waals surface area contributed by atoms with Crippen LogP contribution in [0.15, 0.2) is 0 Å². The van der Waals surface area contributed by atoms with E-state index in [1.807, 2.05) is 0 Å². The zero-order valence-corrected chi connectivity index (χ0v) is 8.44. The third-order valence-corrected chi connectivity index (χ3v) is 2.34. The van der Waals surface area contributed by atoms with E-state index < -0.39 is 6.04 Å². The summed E-state index contributed by atoms with van der Waals surface area (Å²) in [4.78, 5) is 34.0. The Hall–Kier alpha value is -1.43. The average molecular weight is 213 g/mol. The maximum atomic E-state index is 11.5. The van der Waals surface area contributed by atoms with Gasteiger partial charge in [-0.3, -0.25) is 19.3 Å². The molecule has 0 saturated carbocycles. The summed E-state index contributed by atoms with van der Waals surface area (Å²) < 4.78 is 0. The van der Waals surface area contributed by atoms with Crippen LogP contribution in [-0.2, 0) is 14.4 Å². The van der Waals surface area contributed by atoms with Crippen molar-refractivity contribution in [1.29, 1.82) is 0 Å². The second-order valence-corrected chi connectivity index (χ2v) is 3.45. The maximum absolute atomic E-state index is 11.5. The molecule has 3 N–H and O–H groups in total. The number of hydrogen-bond donors (Lipinski definition) is 2. The molecule has 1 aliphatic rings. The van der Waals surface area contributed by atoms with Crippen molar-refractivity contribution >= 4 is 18.2 Å². The van der Waals surface area contributed by atoms with E-state index in [4.69, 9.17) is 5.73 Å². The van der Waals surface area contributed by atoms with Crippen LogP contribution in [0.5, 0.6) is 0 Å². The Kier molecular flexibility index (Phi) is 4.23. The summed E-state index contributed by atoms with van der Waals surface area (Å²) in [6, 6.07) is -0.554. The predicted molar refractivity (Wildman–Crippen MR) is 52.6 cm³/mol. The molecule has 0 aromatic heterocycles. The van der Waals surface area contributed by atoms with Crippen LogP contribution in [0.4, 0.5) is 0 Å². The number of carbonyl (C=O) groups is 3. The Morgan fingerprint density at radius 3 is 2.93 bits per heavy atom. The summed E-state index contributed by atoms with van der Waals surface area (Å²) in [7, 11) is 0. The fraction of sp³-hybridized carbons (Fsp3) is 0.667. The maximum Gasteiger partial charge on any atom is 0.246 e. The quantitative estimate of drug-likeness (QED) is 0.334. The highest BCUT2D eigenvalue weighted by atomic mass is 16.2. The second-order valence-electron chi connectivity index (χ2n) is 3.45.